The molecule has 0 atom stereocenters. The molecule has 0 aromatic carbocycles. The second kappa shape index (κ2) is 6.46. The SMILES string of the molecule is Nc1nccc[nH+]1.O.O=P([O-])(O)O. The smallest absolute Gasteiger partial charge is 0.386 e. The van der Waals surface area contributed by atoms with Crippen molar-refractivity contribution in [1.29, 1.82) is 0 Å². The Kier molecular flexibility index (Phi) is 7.20. The Labute approximate surface area is 73.6 Å². The van der Waals surface area contributed by atoms with Crippen LogP contribution in [0.4, 0.5) is 5.95 Å². The number of phosphoric acid groups is 1. The highest BCUT2D eigenvalue weighted by atomic mass is 31.2. The van der Waals surface area contributed by atoms with Gasteiger partial charge in [0.1, 0.15) is 6.20 Å². The monoisotopic (exact) mass is 211 g/mol. The molecular weight excluding hydrogens is 201 g/mol. The topological polar surface area (TPSA) is 165 Å². The van der Waals surface area contributed by atoms with E-state index < -0.39 is 7.82 Å². The molecule has 7 N–H and O–H groups in total. The molecule has 1 aromatic heterocycles. The minimum atomic E-state index is -4.89. The van der Waals surface area contributed by atoms with E-state index in [0.29, 0.717) is 5.95 Å². The van der Waals surface area contributed by atoms with Gasteiger partial charge in [-0.15, -0.1) is 0 Å². The average Bonchev–Trinajstić information content (AvgIpc) is 1.85. The quantitative estimate of drug-likeness (QED) is 0.389. The number of hydrogen-bond donors (Lipinski definition) is 3. The van der Waals surface area contributed by atoms with Crippen LogP contribution in [-0.2, 0) is 4.57 Å². The highest BCUT2D eigenvalue weighted by Crippen LogP contribution is 2.18. The fourth-order valence-electron chi connectivity index (χ4n) is 0.337. The van der Waals surface area contributed by atoms with Gasteiger partial charge in [0.05, 0.1) is 6.20 Å². The average molecular weight is 211 g/mol. The summed E-state index contributed by atoms with van der Waals surface area (Å²) in [6.07, 6.45) is 3.36. The Morgan fingerprint density at radius 1 is 1.62 bits per heavy atom. The predicted molar refractivity (Wildman–Crippen MR) is 40.9 cm³/mol. The Morgan fingerprint density at radius 2 is 2.08 bits per heavy atom. The molecule has 0 aliphatic carbocycles. The van der Waals surface area contributed by atoms with Crippen LogP contribution in [0.15, 0.2) is 18.5 Å². The molecule has 1 heterocycles. The number of anilines is 1. The first-order valence-corrected chi connectivity index (χ1v) is 4.27. The minimum Gasteiger partial charge on any atom is -0.756 e. The number of nitrogens with zero attached hydrogens (tertiary/aromatic N) is 1. The third-order valence-corrected chi connectivity index (χ3v) is 0.627. The highest BCUT2D eigenvalue weighted by Gasteiger charge is 1.85. The Morgan fingerprint density at radius 3 is 2.23 bits per heavy atom. The van der Waals surface area contributed by atoms with E-state index in [1.165, 1.54) is 0 Å². The second-order valence-corrected chi connectivity index (χ2v) is 2.64. The molecule has 0 aliphatic rings. The molecule has 8 nitrogen and oxygen atoms in total. The summed E-state index contributed by atoms with van der Waals surface area (Å²) in [5.41, 5.74) is 5.19. The predicted octanol–water partition coefficient (Wildman–Crippen LogP) is -2.91. The molecular formula is C4H10N3O5P. The van der Waals surface area contributed by atoms with Gasteiger partial charge in [-0.05, 0) is 0 Å². The molecule has 13 heavy (non-hydrogen) atoms. The maximum atomic E-state index is 8.77. The summed E-state index contributed by atoms with van der Waals surface area (Å²) in [4.78, 5) is 29.3. The third-order valence-electron chi connectivity index (χ3n) is 0.627. The van der Waals surface area contributed by atoms with E-state index in [-0.39, 0.29) is 5.48 Å². The zero-order valence-corrected chi connectivity index (χ0v) is 7.31. The molecule has 0 unspecified atom stereocenters. The number of nitrogens with two attached hydrogens (primary N) is 1. The molecule has 0 spiro atoms. The van der Waals surface area contributed by atoms with Crippen LogP contribution in [0, 0.1) is 0 Å². The number of rotatable bonds is 0. The van der Waals surface area contributed by atoms with Crippen molar-refractivity contribution in [2.45, 2.75) is 0 Å². The van der Waals surface area contributed by atoms with Crippen molar-refractivity contribution >= 4 is 13.8 Å². The van der Waals surface area contributed by atoms with Gasteiger partial charge >= 0.3 is 5.95 Å². The Bertz CT molecular complexity index is 253. The minimum absolute atomic E-state index is 0. The molecule has 0 saturated heterocycles. The van der Waals surface area contributed by atoms with E-state index in [0.717, 1.165) is 0 Å². The van der Waals surface area contributed by atoms with Crippen LogP contribution in [-0.4, -0.2) is 20.2 Å². The fourth-order valence-corrected chi connectivity index (χ4v) is 0.337. The van der Waals surface area contributed by atoms with Gasteiger partial charge < -0.3 is 20.2 Å². The van der Waals surface area contributed by atoms with Crippen LogP contribution < -0.4 is 15.6 Å². The third kappa shape index (κ3) is 18.2. The molecule has 0 bridgehead atoms. The lowest BCUT2D eigenvalue weighted by Crippen LogP contribution is -2.09. The number of nitrogens with one attached hydrogen (secondary N) is 1. The zero-order chi connectivity index (χ0) is 9.61. The molecule has 0 radical (unpaired) electrons. The van der Waals surface area contributed by atoms with E-state index >= 15 is 0 Å². The number of H-pyrrole nitrogens is 1. The van der Waals surface area contributed by atoms with Gasteiger partial charge in [-0.2, -0.15) is 0 Å². The molecule has 0 saturated carbocycles. The molecule has 1 aromatic rings. The van der Waals surface area contributed by atoms with Crippen molar-refractivity contribution in [3.05, 3.63) is 18.5 Å². The first kappa shape index (κ1) is 14.5. The molecule has 0 fully saturated rings. The van der Waals surface area contributed by atoms with Crippen molar-refractivity contribution in [1.82, 2.24) is 4.98 Å². The standard InChI is InChI=1S/C4H5N3.H3O4P.H2O/c5-4-6-2-1-3-7-4;1-5(2,3)4;/h1-3H,(H2,5,6,7);(H3,1,2,3,4);1H2. The van der Waals surface area contributed by atoms with E-state index in [1.54, 1.807) is 18.5 Å². The first-order valence-electron chi connectivity index (χ1n) is 2.74. The van der Waals surface area contributed by atoms with Crippen molar-refractivity contribution < 1.29 is 29.7 Å². The molecule has 0 aliphatic heterocycles. The van der Waals surface area contributed by atoms with Gasteiger partial charge in [-0.1, -0.05) is 4.98 Å². The van der Waals surface area contributed by atoms with Crippen molar-refractivity contribution in [2.24, 2.45) is 0 Å². The van der Waals surface area contributed by atoms with E-state index in [4.69, 9.17) is 25.0 Å². The van der Waals surface area contributed by atoms with Crippen LogP contribution in [0.3, 0.4) is 0 Å². The molecule has 9 heteroatoms. The maximum absolute atomic E-state index is 8.77. The summed E-state index contributed by atoms with van der Waals surface area (Å²) in [6, 6.07) is 1.77. The van der Waals surface area contributed by atoms with Gasteiger partial charge in [0.2, 0.25) is 0 Å². The van der Waals surface area contributed by atoms with Gasteiger partial charge in [0, 0.05) is 6.07 Å². The zero-order valence-electron chi connectivity index (χ0n) is 6.41. The lowest BCUT2D eigenvalue weighted by Gasteiger charge is -2.01. The first-order chi connectivity index (χ1) is 5.39. The summed E-state index contributed by atoms with van der Waals surface area (Å²) in [7, 11) is -4.89. The van der Waals surface area contributed by atoms with Crippen LogP contribution in [0.2, 0.25) is 0 Å². The van der Waals surface area contributed by atoms with Crippen molar-refractivity contribution in [2.75, 3.05) is 5.73 Å². The van der Waals surface area contributed by atoms with Gasteiger partial charge in [-0.25, -0.2) is 4.98 Å². The van der Waals surface area contributed by atoms with Gasteiger partial charge in [-0.3, -0.25) is 10.3 Å². The maximum Gasteiger partial charge on any atom is 0.386 e. The number of aromatic nitrogens is 2. The number of nitrogen functional groups attached to an aromatic ring is 1. The molecule has 76 valence electrons. The Balaban J connectivity index is 0. The molecule has 0 amide bonds. The normalized spacial score (nSPS) is 9.15. The van der Waals surface area contributed by atoms with Gasteiger partial charge in [0.25, 0.3) is 7.82 Å². The number of hydrogen-bond acceptors (Lipinski definition) is 4. The Hall–Kier alpha value is -1.05. The summed E-state index contributed by atoms with van der Waals surface area (Å²) >= 11 is 0. The fraction of sp³-hybridized carbons (Fsp3) is 0. The van der Waals surface area contributed by atoms with Crippen molar-refractivity contribution in [3.8, 4) is 0 Å². The van der Waals surface area contributed by atoms with Crippen LogP contribution in [0.25, 0.3) is 0 Å². The van der Waals surface area contributed by atoms with Crippen LogP contribution >= 0.6 is 7.82 Å². The van der Waals surface area contributed by atoms with E-state index in [1.807, 2.05) is 0 Å². The largest absolute Gasteiger partial charge is 0.756 e. The van der Waals surface area contributed by atoms with E-state index in [9.17, 15) is 0 Å². The summed E-state index contributed by atoms with van der Waals surface area (Å²) < 4.78 is 8.77. The summed E-state index contributed by atoms with van der Waals surface area (Å²) in [6.45, 7) is 0. The van der Waals surface area contributed by atoms with Gasteiger partial charge in [0.15, 0.2) is 0 Å². The molecule has 1 rings (SSSR count). The summed E-state index contributed by atoms with van der Waals surface area (Å²) in [5, 5.41) is 0. The lowest BCUT2D eigenvalue weighted by molar-refractivity contribution is -0.364. The highest BCUT2D eigenvalue weighted by molar-refractivity contribution is 7.43. The van der Waals surface area contributed by atoms with Crippen molar-refractivity contribution in [3.63, 3.8) is 0 Å². The van der Waals surface area contributed by atoms with Crippen LogP contribution in [0.5, 0.6) is 0 Å². The van der Waals surface area contributed by atoms with Crippen LogP contribution in [0.1, 0.15) is 0 Å². The second-order valence-electron chi connectivity index (χ2n) is 1.66. The summed E-state index contributed by atoms with van der Waals surface area (Å²) in [5.74, 6) is 0.447. The lowest BCUT2D eigenvalue weighted by atomic mass is 10.7. The van der Waals surface area contributed by atoms with E-state index in [2.05, 4.69) is 9.97 Å². The number of aromatic amines is 1.